The van der Waals surface area contributed by atoms with E-state index in [9.17, 15) is 0 Å². The molecule has 3 rings (SSSR count). The lowest BCUT2D eigenvalue weighted by molar-refractivity contribution is 0.413. The molecule has 0 aliphatic heterocycles. The molecule has 1 atom stereocenters. The average molecular weight is 512 g/mol. The number of halogens is 1. The first-order chi connectivity index (χ1) is 13.5. The van der Waals surface area contributed by atoms with E-state index in [0.717, 1.165) is 50.9 Å². The van der Waals surface area contributed by atoms with Crippen LogP contribution in [0.4, 0.5) is 5.82 Å². The Morgan fingerprint density at radius 3 is 2.93 bits per heavy atom. The highest BCUT2D eigenvalue weighted by atomic mass is 127. The van der Waals surface area contributed by atoms with Gasteiger partial charge in [-0.1, -0.05) is 18.7 Å². The van der Waals surface area contributed by atoms with Crippen molar-refractivity contribution in [3.05, 3.63) is 28.1 Å². The van der Waals surface area contributed by atoms with Crippen LogP contribution in [0.3, 0.4) is 0 Å². The minimum absolute atomic E-state index is 0.406. The third-order valence-corrected chi connectivity index (χ3v) is 6.89. The van der Waals surface area contributed by atoms with E-state index >= 15 is 0 Å². The number of hydrogen-bond acceptors (Lipinski definition) is 7. The molecule has 2 heterocycles. The fraction of sp³-hybridized carbons (Fsp3) is 0.421. The van der Waals surface area contributed by atoms with Crippen molar-refractivity contribution in [1.29, 1.82) is 0 Å². The predicted molar refractivity (Wildman–Crippen MR) is 122 cm³/mol. The number of aryl methyl sites for hydroxylation is 1. The number of methoxy groups -OCH3 is 1. The van der Waals surface area contributed by atoms with Crippen LogP contribution in [0.2, 0.25) is 0 Å². The van der Waals surface area contributed by atoms with Gasteiger partial charge in [-0.15, -0.1) is 0 Å². The maximum atomic E-state index is 6.05. The molecule has 2 aromatic heterocycles. The van der Waals surface area contributed by atoms with E-state index < -0.39 is 0 Å². The van der Waals surface area contributed by atoms with Gasteiger partial charge >= 0.3 is 0 Å². The number of nitrogens with two attached hydrogens (primary N) is 1. The number of fused-ring (bicyclic) bond motifs is 1. The van der Waals surface area contributed by atoms with Gasteiger partial charge in [-0.2, -0.15) is 0 Å². The summed E-state index contributed by atoms with van der Waals surface area (Å²) in [6, 6.07) is 6.54. The van der Waals surface area contributed by atoms with E-state index in [-0.39, 0.29) is 0 Å². The largest absolute Gasteiger partial charge is 0.497 e. The summed E-state index contributed by atoms with van der Waals surface area (Å²) in [4.78, 5) is 14.4. The van der Waals surface area contributed by atoms with Crippen molar-refractivity contribution < 1.29 is 4.74 Å². The molecule has 3 N–H and O–H groups in total. The molecule has 3 aromatic rings. The van der Waals surface area contributed by atoms with Crippen molar-refractivity contribution in [2.45, 2.75) is 49.3 Å². The van der Waals surface area contributed by atoms with Gasteiger partial charge in [-0.05, 0) is 67.1 Å². The summed E-state index contributed by atoms with van der Waals surface area (Å²) in [7, 11) is 1.67. The number of nitrogens with one attached hydrogen (secondary N) is 1. The fourth-order valence-electron chi connectivity index (χ4n) is 2.73. The highest BCUT2D eigenvalue weighted by Crippen LogP contribution is 2.35. The van der Waals surface area contributed by atoms with Gasteiger partial charge in [0.05, 0.1) is 7.11 Å². The van der Waals surface area contributed by atoms with Crippen LogP contribution in [0, 0.1) is 3.57 Å². The summed E-state index contributed by atoms with van der Waals surface area (Å²) in [5, 5.41) is 4.39. The summed E-state index contributed by atoms with van der Waals surface area (Å²) in [5.41, 5.74) is 7.48. The molecule has 0 aliphatic rings. The van der Waals surface area contributed by atoms with Crippen LogP contribution in [0.1, 0.15) is 26.7 Å². The molecule has 28 heavy (non-hydrogen) atoms. The molecule has 0 saturated carbocycles. The van der Waals surface area contributed by atoms with Crippen LogP contribution >= 0.6 is 34.4 Å². The first-order valence-corrected chi connectivity index (χ1v) is 11.1. The van der Waals surface area contributed by atoms with Gasteiger partial charge in [0.15, 0.2) is 22.1 Å². The number of nitrogen functional groups attached to an aromatic ring is 1. The second kappa shape index (κ2) is 9.75. The number of rotatable bonds is 9. The van der Waals surface area contributed by atoms with Crippen molar-refractivity contribution in [3.63, 3.8) is 0 Å². The Kier molecular flexibility index (Phi) is 7.36. The van der Waals surface area contributed by atoms with Gasteiger partial charge in [0.1, 0.15) is 12.1 Å². The van der Waals surface area contributed by atoms with Crippen molar-refractivity contribution in [1.82, 2.24) is 24.8 Å². The predicted octanol–water partition coefficient (Wildman–Crippen LogP) is 3.95. The SMILES string of the molecule is CC[C@@H](C)NCCCn1c(Sc2cc(OC)ccc2I)nc2c(N)ncnc21. The number of anilines is 1. The number of imidazole rings is 1. The van der Waals surface area contributed by atoms with E-state index in [4.69, 9.17) is 15.5 Å². The summed E-state index contributed by atoms with van der Waals surface area (Å²) in [5.74, 6) is 1.23. The highest BCUT2D eigenvalue weighted by molar-refractivity contribution is 14.1. The summed E-state index contributed by atoms with van der Waals surface area (Å²) in [6.45, 7) is 6.13. The second-order valence-corrected chi connectivity index (χ2v) is 8.66. The van der Waals surface area contributed by atoms with Gasteiger partial charge < -0.3 is 20.4 Å². The van der Waals surface area contributed by atoms with Crippen LogP contribution in [-0.4, -0.2) is 39.2 Å². The van der Waals surface area contributed by atoms with Crippen molar-refractivity contribution >= 4 is 51.3 Å². The highest BCUT2D eigenvalue weighted by Gasteiger charge is 2.17. The number of benzene rings is 1. The standard InChI is InChI=1S/C19H25IN6OS/c1-4-12(2)22-8-5-9-26-18-16(17(21)23-11-24-18)25-19(26)28-15-10-13(27-3)6-7-14(15)20/h6-7,10-12,22H,4-5,8-9H2,1-3H3,(H2,21,23,24)/t12-/m1/s1. The lowest BCUT2D eigenvalue weighted by Crippen LogP contribution is -2.26. The molecule has 9 heteroatoms. The Morgan fingerprint density at radius 2 is 2.18 bits per heavy atom. The number of aromatic nitrogens is 4. The third kappa shape index (κ3) is 4.87. The minimum Gasteiger partial charge on any atom is -0.497 e. The zero-order valence-electron chi connectivity index (χ0n) is 16.3. The Hall–Kier alpha value is -1.59. The number of ether oxygens (including phenoxy) is 1. The van der Waals surface area contributed by atoms with Crippen LogP contribution in [0.25, 0.3) is 11.2 Å². The molecule has 0 bridgehead atoms. The zero-order valence-corrected chi connectivity index (χ0v) is 19.2. The topological polar surface area (TPSA) is 90.9 Å². The van der Waals surface area contributed by atoms with Gasteiger partial charge in [0.25, 0.3) is 0 Å². The average Bonchev–Trinajstić information content (AvgIpc) is 3.05. The maximum absolute atomic E-state index is 6.05. The normalized spacial score (nSPS) is 12.4. The Balaban J connectivity index is 1.89. The van der Waals surface area contributed by atoms with Crippen LogP contribution in [0.5, 0.6) is 5.75 Å². The number of nitrogens with zero attached hydrogens (tertiary/aromatic N) is 4. The fourth-order valence-corrected chi connectivity index (χ4v) is 4.36. The van der Waals surface area contributed by atoms with Gasteiger partial charge in [-0.25, -0.2) is 15.0 Å². The van der Waals surface area contributed by atoms with E-state index in [1.165, 1.54) is 6.33 Å². The molecule has 0 aliphatic carbocycles. The molecule has 0 spiro atoms. The summed E-state index contributed by atoms with van der Waals surface area (Å²) < 4.78 is 8.64. The number of hydrogen-bond donors (Lipinski definition) is 2. The Morgan fingerprint density at radius 1 is 1.36 bits per heavy atom. The first kappa shape index (κ1) is 21.1. The summed E-state index contributed by atoms with van der Waals surface area (Å²) >= 11 is 3.92. The lowest BCUT2D eigenvalue weighted by Gasteiger charge is -2.13. The van der Waals surface area contributed by atoms with E-state index in [1.54, 1.807) is 18.9 Å². The maximum Gasteiger partial charge on any atom is 0.175 e. The van der Waals surface area contributed by atoms with E-state index in [0.29, 0.717) is 17.4 Å². The Labute approximate surface area is 183 Å². The molecule has 0 unspecified atom stereocenters. The zero-order chi connectivity index (χ0) is 20.1. The molecule has 150 valence electrons. The van der Waals surface area contributed by atoms with E-state index in [1.807, 2.05) is 18.2 Å². The monoisotopic (exact) mass is 512 g/mol. The van der Waals surface area contributed by atoms with E-state index in [2.05, 4.69) is 56.3 Å². The molecule has 7 nitrogen and oxygen atoms in total. The van der Waals surface area contributed by atoms with Gasteiger partial charge in [-0.3, -0.25) is 0 Å². The van der Waals surface area contributed by atoms with Gasteiger partial charge in [0, 0.05) is 21.1 Å². The minimum atomic E-state index is 0.406. The lowest BCUT2D eigenvalue weighted by atomic mass is 10.2. The quantitative estimate of drug-likeness (QED) is 0.332. The van der Waals surface area contributed by atoms with Crippen molar-refractivity contribution in [3.8, 4) is 5.75 Å². The molecular weight excluding hydrogens is 487 g/mol. The third-order valence-electron chi connectivity index (χ3n) is 4.53. The second-order valence-electron chi connectivity index (χ2n) is 6.49. The van der Waals surface area contributed by atoms with Crippen LogP contribution < -0.4 is 15.8 Å². The first-order valence-electron chi connectivity index (χ1n) is 9.25. The molecule has 1 aromatic carbocycles. The smallest absolute Gasteiger partial charge is 0.175 e. The molecular formula is C19H25IN6OS. The van der Waals surface area contributed by atoms with Gasteiger partial charge in [0.2, 0.25) is 0 Å². The Bertz CT molecular complexity index is 948. The van der Waals surface area contributed by atoms with Crippen LogP contribution in [-0.2, 0) is 6.54 Å². The van der Waals surface area contributed by atoms with Crippen LogP contribution in [0.15, 0.2) is 34.6 Å². The van der Waals surface area contributed by atoms with Crippen molar-refractivity contribution in [2.75, 3.05) is 19.4 Å². The molecule has 0 radical (unpaired) electrons. The summed E-state index contributed by atoms with van der Waals surface area (Å²) in [6.07, 6.45) is 3.59. The molecule has 0 fully saturated rings. The molecule has 0 amide bonds. The molecule has 0 saturated heterocycles. The van der Waals surface area contributed by atoms with Crippen molar-refractivity contribution in [2.24, 2.45) is 0 Å².